The van der Waals surface area contributed by atoms with E-state index < -0.39 is 10.0 Å². The molecule has 5 rings (SSSR count). The van der Waals surface area contributed by atoms with Crippen molar-refractivity contribution in [2.75, 3.05) is 37.4 Å². The zero-order valence-corrected chi connectivity index (χ0v) is 23.7. The van der Waals surface area contributed by atoms with Crippen LogP contribution in [0.15, 0.2) is 46.0 Å². The number of thiophene rings is 1. The van der Waals surface area contributed by atoms with E-state index in [1.165, 1.54) is 11.3 Å². The van der Waals surface area contributed by atoms with E-state index in [1.54, 1.807) is 17.4 Å². The molecule has 0 aliphatic heterocycles. The summed E-state index contributed by atoms with van der Waals surface area (Å²) in [4.78, 5) is 16.8. The Labute approximate surface area is 226 Å². The zero-order chi connectivity index (χ0) is 26.0. The van der Waals surface area contributed by atoms with Gasteiger partial charge in [0, 0.05) is 38.0 Å². The highest BCUT2D eigenvalue weighted by atomic mass is 32.2. The van der Waals surface area contributed by atoms with Gasteiger partial charge in [-0.1, -0.05) is 12.1 Å². The maximum atomic E-state index is 12.9. The van der Waals surface area contributed by atoms with Gasteiger partial charge in [0.05, 0.1) is 21.1 Å². The van der Waals surface area contributed by atoms with Crippen LogP contribution in [0, 0.1) is 18.8 Å². The van der Waals surface area contributed by atoms with E-state index >= 15 is 0 Å². The molecular formula is C26H32N6O2S3. The lowest BCUT2D eigenvalue weighted by atomic mass is 9.82. The predicted molar refractivity (Wildman–Crippen MR) is 153 cm³/mol. The van der Waals surface area contributed by atoms with E-state index in [2.05, 4.69) is 15.0 Å². The van der Waals surface area contributed by atoms with Gasteiger partial charge in [0.15, 0.2) is 0 Å². The molecule has 1 fully saturated rings. The fourth-order valence-electron chi connectivity index (χ4n) is 4.73. The summed E-state index contributed by atoms with van der Waals surface area (Å²) in [5, 5.41) is 7.42. The summed E-state index contributed by atoms with van der Waals surface area (Å²) < 4.78 is 28.9. The van der Waals surface area contributed by atoms with Crippen molar-refractivity contribution in [1.29, 1.82) is 0 Å². The number of benzene rings is 1. The molecule has 0 radical (unpaired) electrons. The van der Waals surface area contributed by atoms with Crippen LogP contribution in [0.1, 0.15) is 30.7 Å². The third-order valence-electron chi connectivity index (χ3n) is 6.80. The van der Waals surface area contributed by atoms with Crippen molar-refractivity contribution in [3.63, 3.8) is 0 Å². The Hall–Kier alpha value is -2.60. The molecule has 3 heterocycles. The topological polar surface area (TPSA) is 100 Å². The van der Waals surface area contributed by atoms with Crippen LogP contribution in [-0.4, -0.2) is 50.6 Å². The summed E-state index contributed by atoms with van der Waals surface area (Å²) in [7, 11) is 0.469. The van der Waals surface area contributed by atoms with Crippen LogP contribution >= 0.6 is 22.7 Å². The summed E-state index contributed by atoms with van der Waals surface area (Å²) >= 11 is 2.84. The fourth-order valence-corrected chi connectivity index (χ4v) is 7.85. The van der Waals surface area contributed by atoms with Gasteiger partial charge < -0.3 is 10.2 Å². The second-order valence-electron chi connectivity index (χ2n) is 9.77. The molecular weight excluding hydrogens is 525 g/mol. The monoisotopic (exact) mass is 556 g/mol. The number of hydrogen-bond acceptors (Lipinski definition) is 9. The average Bonchev–Trinajstić information content (AvgIpc) is 3.56. The first kappa shape index (κ1) is 26.0. The molecule has 0 amide bonds. The first-order valence-corrected chi connectivity index (χ1v) is 15.7. The van der Waals surface area contributed by atoms with E-state index in [4.69, 9.17) is 9.97 Å². The quantitative estimate of drug-likeness (QED) is 0.285. The summed E-state index contributed by atoms with van der Waals surface area (Å²) in [5.74, 6) is 2.43. The van der Waals surface area contributed by atoms with Gasteiger partial charge in [0.25, 0.3) is 0 Å². The second-order valence-corrected chi connectivity index (χ2v) is 13.9. The zero-order valence-electron chi connectivity index (χ0n) is 21.3. The molecule has 1 saturated carbocycles. The highest BCUT2D eigenvalue weighted by Gasteiger charge is 2.24. The molecule has 3 aromatic heterocycles. The lowest BCUT2D eigenvalue weighted by molar-refractivity contribution is 0.284. The third-order valence-corrected chi connectivity index (χ3v) is 10.6. The van der Waals surface area contributed by atoms with E-state index in [-0.39, 0.29) is 0 Å². The Kier molecular flexibility index (Phi) is 7.75. The lowest BCUT2D eigenvalue weighted by Gasteiger charge is -2.28. The maximum absolute atomic E-state index is 12.9. The van der Waals surface area contributed by atoms with Crippen molar-refractivity contribution >= 4 is 55.4 Å². The highest BCUT2D eigenvalue weighted by molar-refractivity contribution is 7.91. The first-order valence-electron chi connectivity index (χ1n) is 12.5. The number of rotatable bonds is 9. The molecule has 1 aliphatic rings. The highest BCUT2D eigenvalue weighted by Crippen LogP contribution is 2.33. The van der Waals surface area contributed by atoms with Gasteiger partial charge in [-0.2, -0.15) is 4.98 Å². The number of aromatic nitrogens is 3. The molecule has 0 bridgehead atoms. The number of aryl methyl sites for hydroxylation is 1. The van der Waals surface area contributed by atoms with Crippen LogP contribution in [0.5, 0.6) is 0 Å². The van der Waals surface area contributed by atoms with Crippen molar-refractivity contribution in [2.24, 2.45) is 11.8 Å². The lowest BCUT2D eigenvalue weighted by Crippen LogP contribution is -2.32. The van der Waals surface area contributed by atoms with E-state index in [0.29, 0.717) is 28.5 Å². The number of fused-ring (bicyclic) bond motifs is 1. The van der Waals surface area contributed by atoms with Crippen LogP contribution < -0.4 is 14.9 Å². The SMILES string of the molecule is Cc1nc(-c2ccc(S(=O)(=O)NCC3CCC(CNc4nc(N(C)C)c5ccccc5n4)CC3)s2)cs1. The Morgan fingerprint density at radius 3 is 2.41 bits per heavy atom. The van der Waals surface area contributed by atoms with Crippen LogP contribution in [0.25, 0.3) is 21.5 Å². The molecule has 4 aromatic rings. The van der Waals surface area contributed by atoms with Crippen molar-refractivity contribution in [2.45, 2.75) is 36.8 Å². The first-order chi connectivity index (χ1) is 17.8. The van der Waals surface area contributed by atoms with E-state index in [0.717, 1.165) is 64.5 Å². The van der Waals surface area contributed by atoms with Crippen molar-refractivity contribution in [3.8, 4) is 10.6 Å². The Morgan fingerprint density at radius 2 is 1.70 bits per heavy atom. The summed E-state index contributed by atoms with van der Waals surface area (Å²) in [6.07, 6.45) is 4.12. The normalized spacial score (nSPS) is 18.2. The molecule has 8 nitrogen and oxygen atoms in total. The standard InChI is InChI=1S/C26H32N6O2S3/c1-17-29-22(16-35-17)23-12-13-24(36-23)37(33,34)28-15-19-10-8-18(9-11-19)14-27-26-30-21-7-5-4-6-20(21)25(31-26)32(2)3/h4-7,12-13,16,18-19,28H,8-11,14-15H2,1-3H3,(H,27,30,31). The van der Waals surface area contributed by atoms with E-state index in [1.807, 2.05) is 61.6 Å². The molecule has 196 valence electrons. The van der Waals surface area contributed by atoms with Crippen molar-refractivity contribution in [1.82, 2.24) is 19.7 Å². The number of sulfonamides is 1. The number of anilines is 2. The molecule has 0 unspecified atom stereocenters. The van der Waals surface area contributed by atoms with Gasteiger partial charge in [-0.15, -0.1) is 22.7 Å². The van der Waals surface area contributed by atoms with Crippen LogP contribution in [0.4, 0.5) is 11.8 Å². The minimum absolute atomic E-state index is 0.346. The second kappa shape index (κ2) is 11.0. The number of nitrogens with one attached hydrogen (secondary N) is 2. The van der Waals surface area contributed by atoms with Crippen molar-refractivity contribution < 1.29 is 8.42 Å². The average molecular weight is 557 g/mol. The third kappa shape index (κ3) is 6.11. The van der Waals surface area contributed by atoms with Gasteiger partial charge in [-0.3, -0.25) is 0 Å². The number of para-hydroxylation sites is 1. The van der Waals surface area contributed by atoms with Gasteiger partial charge in [0.1, 0.15) is 10.0 Å². The van der Waals surface area contributed by atoms with Crippen molar-refractivity contribution in [3.05, 3.63) is 46.8 Å². The molecule has 1 aromatic carbocycles. The van der Waals surface area contributed by atoms with Crippen LogP contribution in [0.3, 0.4) is 0 Å². The number of hydrogen-bond donors (Lipinski definition) is 2. The smallest absolute Gasteiger partial charge is 0.250 e. The van der Waals surface area contributed by atoms with E-state index in [9.17, 15) is 8.42 Å². The number of thiazole rings is 1. The maximum Gasteiger partial charge on any atom is 0.250 e. The number of nitrogens with zero attached hydrogens (tertiary/aromatic N) is 4. The van der Waals surface area contributed by atoms with Crippen LogP contribution in [0.2, 0.25) is 0 Å². The molecule has 37 heavy (non-hydrogen) atoms. The molecule has 0 saturated heterocycles. The molecule has 1 aliphatic carbocycles. The molecule has 0 spiro atoms. The largest absolute Gasteiger partial charge is 0.362 e. The van der Waals surface area contributed by atoms with Gasteiger partial charge in [-0.05, 0) is 68.7 Å². The van der Waals surface area contributed by atoms with Crippen LogP contribution in [-0.2, 0) is 10.0 Å². The van der Waals surface area contributed by atoms with Gasteiger partial charge in [-0.25, -0.2) is 23.1 Å². The fraction of sp³-hybridized carbons (Fsp3) is 0.423. The van der Waals surface area contributed by atoms with Gasteiger partial charge in [0.2, 0.25) is 16.0 Å². The van der Waals surface area contributed by atoms with Gasteiger partial charge >= 0.3 is 0 Å². The Bertz CT molecular complexity index is 1470. The minimum atomic E-state index is -3.52. The predicted octanol–water partition coefficient (Wildman–Crippen LogP) is 5.39. The molecule has 2 N–H and O–H groups in total. The molecule has 11 heteroatoms. The Balaban J connectivity index is 1.12. The summed E-state index contributed by atoms with van der Waals surface area (Å²) in [6, 6.07) is 11.6. The summed E-state index contributed by atoms with van der Waals surface area (Å²) in [6.45, 7) is 3.24. The Morgan fingerprint density at radius 1 is 0.973 bits per heavy atom. The minimum Gasteiger partial charge on any atom is -0.362 e. The molecule has 0 atom stereocenters. The summed E-state index contributed by atoms with van der Waals surface area (Å²) in [5.41, 5.74) is 1.77.